The molecule has 2 aliphatic rings. The molecule has 3 rings (SSSR count). The Balaban J connectivity index is 1.72. The Hall–Kier alpha value is -0.730. The van der Waals surface area contributed by atoms with Gasteiger partial charge in [-0.2, -0.15) is 0 Å². The van der Waals surface area contributed by atoms with Gasteiger partial charge in [-0.15, -0.1) is 0 Å². The summed E-state index contributed by atoms with van der Waals surface area (Å²) in [6.07, 6.45) is 5.29. The molecule has 1 unspecified atom stereocenters. The fraction of sp³-hybridized carbons (Fsp3) is 0.600. The topological polar surface area (TPSA) is 15.3 Å². The van der Waals surface area contributed by atoms with Crippen LogP contribution in [0.15, 0.2) is 18.2 Å². The van der Waals surface area contributed by atoms with Gasteiger partial charge in [0.2, 0.25) is 0 Å². The van der Waals surface area contributed by atoms with Gasteiger partial charge in [0.1, 0.15) is 0 Å². The lowest BCUT2D eigenvalue weighted by Gasteiger charge is -2.35. The Labute approximate surface area is 114 Å². The van der Waals surface area contributed by atoms with Crippen molar-refractivity contribution in [1.82, 2.24) is 5.32 Å². The second-order valence-electron chi connectivity index (χ2n) is 5.68. The van der Waals surface area contributed by atoms with Crippen molar-refractivity contribution in [3.8, 4) is 0 Å². The van der Waals surface area contributed by atoms with Crippen molar-refractivity contribution in [3.05, 3.63) is 28.8 Å². The summed E-state index contributed by atoms with van der Waals surface area (Å²) in [4.78, 5) is 2.44. The molecule has 0 spiro atoms. The monoisotopic (exact) mass is 264 g/mol. The van der Waals surface area contributed by atoms with Crippen LogP contribution in [0.2, 0.25) is 5.02 Å². The van der Waals surface area contributed by atoms with Crippen LogP contribution < -0.4 is 10.2 Å². The Morgan fingerprint density at radius 3 is 2.83 bits per heavy atom. The number of hydrogen-bond acceptors (Lipinski definition) is 2. The van der Waals surface area contributed by atoms with Gasteiger partial charge >= 0.3 is 0 Å². The van der Waals surface area contributed by atoms with Crippen LogP contribution >= 0.6 is 11.6 Å². The summed E-state index contributed by atoms with van der Waals surface area (Å²) in [6, 6.07) is 7.74. The Morgan fingerprint density at radius 1 is 1.22 bits per heavy atom. The third-order valence-corrected chi connectivity index (χ3v) is 4.23. The lowest BCUT2D eigenvalue weighted by atomic mass is 10.0. The van der Waals surface area contributed by atoms with Gasteiger partial charge in [0.25, 0.3) is 0 Å². The van der Waals surface area contributed by atoms with E-state index in [0.29, 0.717) is 6.04 Å². The first-order chi connectivity index (χ1) is 8.72. The van der Waals surface area contributed by atoms with Gasteiger partial charge in [-0.1, -0.05) is 17.7 Å². The largest absolute Gasteiger partial charge is 0.369 e. The number of nitrogens with one attached hydrogen (secondary N) is 1. The molecule has 3 heteroatoms. The molecular weight excluding hydrogens is 244 g/mol. The van der Waals surface area contributed by atoms with Gasteiger partial charge in [0.15, 0.2) is 0 Å². The molecule has 1 aliphatic heterocycles. The Morgan fingerprint density at radius 2 is 2.06 bits per heavy atom. The maximum absolute atomic E-state index is 6.33. The molecule has 1 atom stereocenters. The molecule has 18 heavy (non-hydrogen) atoms. The van der Waals surface area contributed by atoms with Crippen molar-refractivity contribution in [2.45, 2.75) is 44.7 Å². The highest BCUT2D eigenvalue weighted by Crippen LogP contribution is 2.30. The molecule has 0 aromatic heterocycles. The maximum Gasteiger partial charge on any atom is 0.0639 e. The summed E-state index contributed by atoms with van der Waals surface area (Å²) in [5.74, 6) is 0. The molecule has 2 fully saturated rings. The first-order valence-electron chi connectivity index (χ1n) is 6.99. The quantitative estimate of drug-likeness (QED) is 0.901. The van der Waals surface area contributed by atoms with Crippen LogP contribution in [0.1, 0.15) is 31.2 Å². The van der Waals surface area contributed by atoms with E-state index < -0.39 is 0 Å². The molecule has 1 N–H and O–H groups in total. The van der Waals surface area contributed by atoms with Crippen LogP contribution in [0.5, 0.6) is 0 Å². The molecule has 1 aliphatic carbocycles. The van der Waals surface area contributed by atoms with Crippen LogP contribution in [0.4, 0.5) is 5.69 Å². The summed E-state index contributed by atoms with van der Waals surface area (Å²) in [6.45, 7) is 4.36. The molecular formula is C15H21ClN2. The highest BCUT2D eigenvalue weighted by Gasteiger charge is 2.28. The number of anilines is 1. The van der Waals surface area contributed by atoms with Crippen molar-refractivity contribution in [2.75, 3.05) is 18.0 Å². The summed E-state index contributed by atoms with van der Waals surface area (Å²) < 4.78 is 0. The fourth-order valence-corrected chi connectivity index (χ4v) is 3.02. The van der Waals surface area contributed by atoms with Gasteiger partial charge in [0, 0.05) is 25.2 Å². The molecule has 2 nitrogen and oxygen atoms in total. The molecule has 0 amide bonds. The third kappa shape index (κ3) is 2.81. The zero-order chi connectivity index (χ0) is 12.5. The smallest absolute Gasteiger partial charge is 0.0639 e. The number of aryl methyl sites for hydroxylation is 1. The van der Waals surface area contributed by atoms with E-state index in [0.717, 1.165) is 24.2 Å². The number of benzene rings is 1. The van der Waals surface area contributed by atoms with E-state index in [1.807, 2.05) is 6.07 Å². The summed E-state index contributed by atoms with van der Waals surface area (Å²) in [5.41, 5.74) is 2.49. The number of hydrogen-bond donors (Lipinski definition) is 1. The van der Waals surface area contributed by atoms with E-state index in [9.17, 15) is 0 Å². The minimum Gasteiger partial charge on any atom is -0.369 e. The Kier molecular flexibility index (Phi) is 3.49. The zero-order valence-electron chi connectivity index (χ0n) is 11.0. The van der Waals surface area contributed by atoms with Crippen LogP contribution in [0, 0.1) is 6.92 Å². The minimum atomic E-state index is 0.642. The summed E-state index contributed by atoms with van der Waals surface area (Å²) >= 11 is 6.33. The SMILES string of the molecule is Cc1ccc(Cl)c(N2CCCC(NC3CC3)C2)c1. The van der Waals surface area contributed by atoms with Gasteiger partial charge in [-0.25, -0.2) is 0 Å². The van der Waals surface area contributed by atoms with Gasteiger partial charge in [0.05, 0.1) is 10.7 Å². The first kappa shape index (κ1) is 12.3. The average Bonchev–Trinajstić information content (AvgIpc) is 3.16. The Bertz CT molecular complexity index is 429. The standard InChI is InChI=1S/C15H21ClN2/c1-11-4-7-14(16)15(9-11)18-8-2-3-13(10-18)17-12-5-6-12/h4,7,9,12-13,17H,2-3,5-6,8,10H2,1H3. The second kappa shape index (κ2) is 5.10. The normalized spacial score (nSPS) is 24.3. The van der Waals surface area contributed by atoms with E-state index >= 15 is 0 Å². The molecule has 1 aromatic carbocycles. The van der Waals surface area contributed by atoms with Crippen molar-refractivity contribution in [1.29, 1.82) is 0 Å². The highest BCUT2D eigenvalue weighted by molar-refractivity contribution is 6.33. The number of piperidine rings is 1. The van der Waals surface area contributed by atoms with E-state index in [4.69, 9.17) is 11.6 Å². The van der Waals surface area contributed by atoms with E-state index in [1.165, 1.54) is 36.9 Å². The number of nitrogens with zero attached hydrogens (tertiary/aromatic N) is 1. The van der Waals surface area contributed by atoms with E-state index in [-0.39, 0.29) is 0 Å². The lowest BCUT2D eigenvalue weighted by molar-refractivity contribution is 0.420. The zero-order valence-corrected chi connectivity index (χ0v) is 11.7. The van der Waals surface area contributed by atoms with Crippen molar-refractivity contribution >= 4 is 17.3 Å². The molecule has 1 heterocycles. The predicted octanol–water partition coefficient (Wildman–Crippen LogP) is 3.37. The van der Waals surface area contributed by atoms with Crippen molar-refractivity contribution < 1.29 is 0 Å². The predicted molar refractivity (Wildman–Crippen MR) is 77.6 cm³/mol. The highest BCUT2D eigenvalue weighted by atomic mass is 35.5. The van der Waals surface area contributed by atoms with Gasteiger partial charge < -0.3 is 10.2 Å². The van der Waals surface area contributed by atoms with Gasteiger partial charge in [-0.05, 0) is 50.3 Å². The lowest BCUT2D eigenvalue weighted by Crippen LogP contribution is -2.46. The first-order valence-corrected chi connectivity index (χ1v) is 7.37. The second-order valence-corrected chi connectivity index (χ2v) is 6.09. The molecule has 1 saturated carbocycles. The number of rotatable bonds is 3. The molecule has 1 aromatic rings. The van der Waals surface area contributed by atoms with E-state index in [2.05, 4.69) is 29.3 Å². The third-order valence-electron chi connectivity index (χ3n) is 3.91. The average molecular weight is 265 g/mol. The summed E-state index contributed by atoms with van der Waals surface area (Å²) in [7, 11) is 0. The number of halogens is 1. The van der Waals surface area contributed by atoms with E-state index in [1.54, 1.807) is 0 Å². The van der Waals surface area contributed by atoms with Crippen LogP contribution in [0.25, 0.3) is 0 Å². The van der Waals surface area contributed by atoms with Gasteiger partial charge in [-0.3, -0.25) is 0 Å². The van der Waals surface area contributed by atoms with Crippen LogP contribution in [-0.2, 0) is 0 Å². The van der Waals surface area contributed by atoms with Crippen LogP contribution in [0.3, 0.4) is 0 Å². The molecule has 0 radical (unpaired) electrons. The van der Waals surface area contributed by atoms with Crippen LogP contribution in [-0.4, -0.2) is 25.2 Å². The molecule has 0 bridgehead atoms. The van der Waals surface area contributed by atoms with Crippen molar-refractivity contribution in [2.24, 2.45) is 0 Å². The van der Waals surface area contributed by atoms with Crippen molar-refractivity contribution in [3.63, 3.8) is 0 Å². The minimum absolute atomic E-state index is 0.642. The summed E-state index contributed by atoms with van der Waals surface area (Å²) in [5, 5.41) is 4.62. The molecule has 98 valence electrons. The molecule has 1 saturated heterocycles. The maximum atomic E-state index is 6.33. The fourth-order valence-electron chi connectivity index (χ4n) is 2.78.